The highest BCUT2D eigenvalue weighted by Gasteiger charge is 2.06. The number of aliphatic hydroxyl groups excluding tert-OH is 1. The third-order valence-corrected chi connectivity index (χ3v) is 3.24. The molecule has 0 fully saturated rings. The Hall–Kier alpha value is -1.06. The van der Waals surface area contributed by atoms with E-state index >= 15 is 0 Å². The molecular formula is C15H22ClNO2. The largest absolute Gasteiger partial charge is 0.396 e. The summed E-state index contributed by atoms with van der Waals surface area (Å²) >= 11 is 5.81. The van der Waals surface area contributed by atoms with Crippen LogP contribution in [0.15, 0.2) is 24.3 Å². The normalized spacial score (nSPS) is 12.2. The lowest BCUT2D eigenvalue weighted by Gasteiger charge is -2.13. The van der Waals surface area contributed by atoms with E-state index in [2.05, 4.69) is 5.32 Å². The lowest BCUT2D eigenvalue weighted by atomic mass is 10.1. The van der Waals surface area contributed by atoms with E-state index in [4.69, 9.17) is 16.7 Å². The molecule has 19 heavy (non-hydrogen) atoms. The van der Waals surface area contributed by atoms with Gasteiger partial charge < -0.3 is 10.4 Å². The van der Waals surface area contributed by atoms with E-state index < -0.39 is 0 Å². The Morgan fingerprint density at radius 3 is 2.63 bits per heavy atom. The Labute approximate surface area is 120 Å². The fourth-order valence-electron chi connectivity index (χ4n) is 1.92. The summed E-state index contributed by atoms with van der Waals surface area (Å²) in [6, 6.07) is 7.85. The third kappa shape index (κ3) is 7.19. The molecular weight excluding hydrogens is 262 g/mol. The molecule has 0 heterocycles. The van der Waals surface area contributed by atoms with Crippen LogP contribution < -0.4 is 5.32 Å². The number of rotatable bonds is 8. The van der Waals surface area contributed by atoms with Gasteiger partial charge in [-0.25, -0.2) is 0 Å². The van der Waals surface area contributed by atoms with Crippen LogP contribution in [0.1, 0.15) is 38.2 Å². The summed E-state index contributed by atoms with van der Waals surface area (Å²) in [6.45, 7) is 2.14. The summed E-state index contributed by atoms with van der Waals surface area (Å²) < 4.78 is 0. The molecule has 1 atom stereocenters. The van der Waals surface area contributed by atoms with E-state index in [9.17, 15) is 4.79 Å². The highest BCUT2D eigenvalue weighted by atomic mass is 35.5. The van der Waals surface area contributed by atoms with Crippen molar-refractivity contribution >= 4 is 17.5 Å². The topological polar surface area (TPSA) is 49.3 Å². The fourth-order valence-corrected chi connectivity index (χ4v) is 2.05. The van der Waals surface area contributed by atoms with Crippen LogP contribution in [0.2, 0.25) is 5.02 Å². The van der Waals surface area contributed by atoms with Crippen LogP contribution in [0, 0.1) is 0 Å². The number of amides is 1. The monoisotopic (exact) mass is 283 g/mol. The minimum Gasteiger partial charge on any atom is -0.396 e. The first-order valence-corrected chi connectivity index (χ1v) is 7.14. The average Bonchev–Trinajstić information content (AvgIpc) is 2.38. The Balaban J connectivity index is 2.18. The number of aryl methyl sites for hydroxylation is 1. The van der Waals surface area contributed by atoms with Crippen molar-refractivity contribution < 1.29 is 9.90 Å². The van der Waals surface area contributed by atoms with E-state index in [1.54, 1.807) is 0 Å². The number of aliphatic hydroxyl groups is 1. The maximum atomic E-state index is 11.7. The molecule has 1 aromatic carbocycles. The molecule has 0 aliphatic rings. The molecule has 1 rings (SSSR count). The molecule has 0 aromatic heterocycles. The second kappa shape index (κ2) is 8.94. The zero-order valence-corrected chi connectivity index (χ0v) is 12.1. The maximum absolute atomic E-state index is 11.7. The molecule has 4 heteroatoms. The molecule has 0 radical (unpaired) electrons. The quantitative estimate of drug-likeness (QED) is 0.771. The van der Waals surface area contributed by atoms with Gasteiger partial charge >= 0.3 is 0 Å². The number of nitrogens with one attached hydrogen (secondary N) is 1. The summed E-state index contributed by atoms with van der Waals surface area (Å²) in [5.41, 5.74) is 1.20. The standard InChI is InChI=1S/C15H22ClNO2/c1-12(4-3-11-18)17-15(19)6-2-5-13-7-9-14(16)10-8-13/h7-10,12,18H,2-6,11H2,1H3,(H,17,19). The molecule has 0 bridgehead atoms. The van der Waals surface area contributed by atoms with Crippen LogP contribution in [0.5, 0.6) is 0 Å². The van der Waals surface area contributed by atoms with Gasteiger partial charge in [-0.05, 0) is 50.3 Å². The van der Waals surface area contributed by atoms with E-state index in [-0.39, 0.29) is 18.6 Å². The minimum absolute atomic E-state index is 0.0828. The number of hydrogen-bond donors (Lipinski definition) is 2. The van der Waals surface area contributed by atoms with Gasteiger partial charge in [0.1, 0.15) is 0 Å². The second-order valence-corrected chi connectivity index (χ2v) is 5.25. The average molecular weight is 284 g/mol. The SMILES string of the molecule is CC(CCCO)NC(=O)CCCc1ccc(Cl)cc1. The molecule has 1 amide bonds. The van der Waals surface area contributed by atoms with Gasteiger partial charge in [0.05, 0.1) is 0 Å². The van der Waals surface area contributed by atoms with Crippen molar-refractivity contribution in [3.8, 4) is 0 Å². The first-order valence-electron chi connectivity index (χ1n) is 6.76. The zero-order valence-electron chi connectivity index (χ0n) is 11.4. The van der Waals surface area contributed by atoms with Gasteiger partial charge in [-0.2, -0.15) is 0 Å². The first-order chi connectivity index (χ1) is 9.11. The minimum atomic E-state index is 0.0828. The van der Waals surface area contributed by atoms with Gasteiger partial charge in [0, 0.05) is 24.1 Å². The van der Waals surface area contributed by atoms with Crippen LogP contribution in [-0.4, -0.2) is 23.7 Å². The van der Waals surface area contributed by atoms with E-state index in [1.165, 1.54) is 5.56 Å². The molecule has 1 aromatic rings. The summed E-state index contributed by atoms with van der Waals surface area (Å²) in [4.78, 5) is 11.7. The lowest BCUT2D eigenvalue weighted by Crippen LogP contribution is -2.32. The van der Waals surface area contributed by atoms with E-state index in [0.717, 1.165) is 30.7 Å². The lowest BCUT2D eigenvalue weighted by molar-refractivity contribution is -0.121. The summed E-state index contributed by atoms with van der Waals surface area (Å²) in [5.74, 6) is 0.0828. The molecule has 0 spiro atoms. The van der Waals surface area contributed by atoms with Crippen molar-refractivity contribution in [1.29, 1.82) is 0 Å². The number of carbonyl (C=O) groups is 1. The molecule has 3 nitrogen and oxygen atoms in total. The highest BCUT2D eigenvalue weighted by molar-refractivity contribution is 6.30. The van der Waals surface area contributed by atoms with Crippen molar-refractivity contribution in [2.45, 2.75) is 45.1 Å². The van der Waals surface area contributed by atoms with E-state index in [1.807, 2.05) is 31.2 Å². The first kappa shape index (κ1) is 16.0. The fraction of sp³-hybridized carbons (Fsp3) is 0.533. The van der Waals surface area contributed by atoms with Gasteiger partial charge in [0.15, 0.2) is 0 Å². The number of carbonyl (C=O) groups excluding carboxylic acids is 1. The molecule has 0 saturated heterocycles. The smallest absolute Gasteiger partial charge is 0.220 e. The Morgan fingerprint density at radius 2 is 2.00 bits per heavy atom. The molecule has 106 valence electrons. The Kier molecular flexibility index (Phi) is 7.53. The number of benzene rings is 1. The van der Waals surface area contributed by atoms with Crippen molar-refractivity contribution in [2.75, 3.05) is 6.61 Å². The highest BCUT2D eigenvalue weighted by Crippen LogP contribution is 2.11. The Bertz CT molecular complexity index is 378. The Morgan fingerprint density at radius 1 is 1.32 bits per heavy atom. The van der Waals surface area contributed by atoms with Crippen molar-refractivity contribution in [2.24, 2.45) is 0 Å². The van der Waals surface area contributed by atoms with Crippen molar-refractivity contribution in [1.82, 2.24) is 5.32 Å². The van der Waals surface area contributed by atoms with Gasteiger partial charge in [0.25, 0.3) is 0 Å². The summed E-state index contributed by atoms with van der Waals surface area (Å²) in [6.07, 6.45) is 3.80. The summed E-state index contributed by atoms with van der Waals surface area (Å²) in [5, 5.41) is 12.4. The molecule has 0 aliphatic carbocycles. The van der Waals surface area contributed by atoms with Crippen LogP contribution in [0.25, 0.3) is 0 Å². The number of halogens is 1. The maximum Gasteiger partial charge on any atom is 0.220 e. The van der Waals surface area contributed by atoms with Crippen molar-refractivity contribution in [3.05, 3.63) is 34.9 Å². The van der Waals surface area contributed by atoms with Crippen molar-refractivity contribution in [3.63, 3.8) is 0 Å². The summed E-state index contributed by atoms with van der Waals surface area (Å²) in [7, 11) is 0. The zero-order chi connectivity index (χ0) is 14.1. The third-order valence-electron chi connectivity index (χ3n) is 2.99. The van der Waals surface area contributed by atoms with Gasteiger partial charge in [-0.1, -0.05) is 23.7 Å². The molecule has 2 N–H and O–H groups in total. The van der Waals surface area contributed by atoms with E-state index in [0.29, 0.717) is 6.42 Å². The predicted octanol–water partition coefficient (Wildman–Crippen LogP) is 2.94. The van der Waals surface area contributed by atoms with Gasteiger partial charge in [-0.15, -0.1) is 0 Å². The molecule has 1 unspecified atom stereocenters. The number of hydrogen-bond acceptors (Lipinski definition) is 2. The van der Waals surface area contributed by atoms with Gasteiger partial charge in [-0.3, -0.25) is 4.79 Å². The van der Waals surface area contributed by atoms with Crippen LogP contribution in [0.3, 0.4) is 0 Å². The predicted molar refractivity (Wildman–Crippen MR) is 78.3 cm³/mol. The molecule has 0 aliphatic heterocycles. The van der Waals surface area contributed by atoms with Crippen LogP contribution >= 0.6 is 11.6 Å². The van der Waals surface area contributed by atoms with Gasteiger partial charge in [0.2, 0.25) is 5.91 Å². The molecule has 0 saturated carbocycles. The van der Waals surface area contributed by atoms with Crippen LogP contribution in [-0.2, 0) is 11.2 Å². The van der Waals surface area contributed by atoms with Crippen LogP contribution in [0.4, 0.5) is 0 Å². The second-order valence-electron chi connectivity index (χ2n) is 4.81.